The molecule has 1 aliphatic heterocycles. The van der Waals surface area contributed by atoms with Gasteiger partial charge in [-0.05, 0) is 54.8 Å². The Morgan fingerprint density at radius 3 is 2.70 bits per heavy atom. The van der Waals surface area contributed by atoms with Gasteiger partial charge >= 0.3 is 0 Å². The first-order valence-corrected chi connectivity index (χ1v) is 6.93. The van der Waals surface area contributed by atoms with Crippen molar-refractivity contribution in [3.8, 4) is 16.9 Å². The minimum absolute atomic E-state index is 0.163. The van der Waals surface area contributed by atoms with E-state index in [1.807, 2.05) is 0 Å². The van der Waals surface area contributed by atoms with E-state index in [1.165, 1.54) is 23.3 Å². The summed E-state index contributed by atoms with van der Waals surface area (Å²) in [4.78, 5) is 0. The highest BCUT2D eigenvalue weighted by atomic mass is 19.1. The van der Waals surface area contributed by atoms with Crippen molar-refractivity contribution in [3.05, 3.63) is 53.3 Å². The maximum atomic E-state index is 13.1. The average molecular weight is 271 g/mol. The second kappa shape index (κ2) is 5.25. The van der Waals surface area contributed by atoms with Crippen LogP contribution < -0.4 is 10.5 Å². The molecule has 3 heteroatoms. The van der Waals surface area contributed by atoms with E-state index in [4.69, 9.17) is 10.5 Å². The van der Waals surface area contributed by atoms with Crippen molar-refractivity contribution in [1.82, 2.24) is 0 Å². The van der Waals surface area contributed by atoms with Crippen molar-refractivity contribution >= 4 is 0 Å². The zero-order chi connectivity index (χ0) is 14.1. The van der Waals surface area contributed by atoms with Crippen molar-refractivity contribution in [3.63, 3.8) is 0 Å². The Kier molecular flexibility index (Phi) is 3.45. The summed E-state index contributed by atoms with van der Waals surface area (Å²) >= 11 is 0. The third kappa shape index (κ3) is 2.41. The van der Waals surface area contributed by atoms with Crippen LogP contribution in [0.2, 0.25) is 0 Å². The fraction of sp³-hybridized carbons (Fsp3) is 0.294. The molecular weight excluding hydrogens is 253 g/mol. The molecule has 0 spiro atoms. The summed E-state index contributed by atoms with van der Waals surface area (Å²) in [5.74, 6) is 0.709. The molecule has 0 aliphatic carbocycles. The van der Waals surface area contributed by atoms with Crippen molar-refractivity contribution < 1.29 is 9.13 Å². The Morgan fingerprint density at radius 1 is 1.25 bits per heavy atom. The van der Waals surface area contributed by atoms with E-state index in [9.17, 15) is 4.39 Å². The van der Waals surface area contributed by atoms with Crippen LogP contribution in [0.1, 0.15) is 17.5 Å². The molecule has 20 heavy (non-hydrogen) atoms. The molecule has 2 aromatic rings. The molecule has 2 N–H and O–H groups in total. The lowest BCUT2D eigenvalue weighted by Gasteiger charge is -2.12. The second-order valence-electron chi connectivity index (χ2n) is 5.33. The molecule has 0 saturated heterocycles. The van der Waals surface area contributed by atoms with E-state index < -0.39 is 0 Å². The lowest BCUT2D eigenvalue weighted by Crippen LogP contribution is -2.17. The van der Waals surface area contributed by atoms with Gasteiger partial charge in [0.2, 0.25) is 0 Å². The summed E-state index contributed by atoms with van der Waals surface area (Å²) in [6, 6.07) is 10.8. The van der Waals surface area contributed by atoms with Gasteiger partial charge in [-0.3, -0.25) is 0 Å². The normalized spacial score (nSPS) is 16.9. The Hall–Kier alpha value is -1.87. The Balaban J connectivity index is 2.03. The highest BCUT2D eigenvalue weighted by Gasteiger charge is 2.25. The largest absolute Gasteiger partial charge is 0.489 e. The molecule has 104 valence electrons. The molecule has 3 rings (SSSR count). The zero-order valence-corrected chi connectivity index (χ0v) is 11.5. The van der Waals surface area contributed by atoms with E-state index in [-0.39, 0.29) is 11.9 Å². The fourth-order valence-electron chi connectivity index (χ4n) is 2.78. The number of aryl methyl sites for hydroxylation is 1. The molecule has 2 nitrogen and oxygen atoms in total. The highest BCUT2D eigenvalue weighted by molar-refractivity contribution is 5.74. The molecule has 0 amide bonds. The first kappa shape index (κ1) is 13.1. The van der Waals surface area contributed by atoms with Crippen molar-refractivity contribution in [2.45, 2.75) is 25.9 Å². The zero-order valence-electron chi connectivity index (χ0n) is 11.5. The van der Waals surface area contributed by atoms with Gasteiger partial charge in [0.25, 0.3) is 0 Å². The van der Waals surface area contributed by atoms with Crippen LogP contribution in [0.25, 0.3) is 11.1 Å². The first-order chi connectivity index (χ1) is 9.67. The number of fused-ring (bicyclic) bond motifs is 1. The minimum atomic E-state index is -0.222. The van der Waals surface area contributed by atoms with Crippen LogP contribution >= 0.6 is 0 Å². The third-order valence-electron chi connectivity index (χ3n) is 3.69. The number of rotatable bonds is 3. The lowest BCUT2D eigenvalue weighted by atomic mass is 9.97. The Labute approximate surface area is 118 Å². The molecule has 2 aromatic carbocycles. The van der Waals surface area contributed by atoms with Gasteiger partial charge in [0.15, 0.2) is 0 Å². The molecule has 0 aromatic heterocycles. The maximum Gasteiger partial charge on any atom is 0.130 e. The van der Waals surface area contributed by atoms with Gasteiger partial charge in [-0.1, -0.05) is 18.2 Å². The Morgan fingerprint density at radius 2 is 2.00 bits per heavy atom. The molecule has 1 aliphatic rings. The molecule has 0 saturated carbocycles. The summed E-state index contributed by atoms with van der Waals surface area (Å²) in [6.07, 6.45) is 1.93. The van der Waals surface area contributed by atoms with Crippen LogP contribution in [0, 0.1) is 12.7 Å². The van der Waals surface area contributed by atoms with E-state index >= 15 is 0 Å². The van der Waals surface area contributed by atoms with Gasteiger partial charge in [-0.2, -0.15) is 0 Å². The van der Waals surface area contributed by atoms with Gasteiger partial charge < -0.3 is 10.5 Å². The molecule has 0 fully saturated rings. The summed E-state index contributed by atoms with van der Waals surface area (Å²) in [6.45, 7) is 2.70. The third-order valence-corrected chi connectivity index (χ3v) is 3.69. The maximum absolute atomic E-state index is 13.1. The molecule has 0 radical (unpaired) electrons. The summed E-state index contributed by atoms with van der Waals surface area (Å²) < 4.78 is 19.1. The van der Waals surface area contributed by atoms with E-state index in [2.05, 4.69) is 19.1 Å². The number of hydrogen-bond donors (Lipinski definition) is 1. The SMILES string of the molecule is Cc1cc2c(c(-c3ccc(F)cc3)c1)OC(CCN)C2. The van der Waals surface area contributed by atoms with E-state index in [0.29, 0.717) is 6.54 Å². The quantitative estimate of drug-likeness (QED) is 0.928. The number of benzene rings is 2. The van der Waals surface area contributed by atoms with Gasteiger partial charge in [-0.15, -0.1) is 0 Å². The van der Waals surface area contributed by atoms with E-state index in [1.54, 1.807) is 12.1 Å². The van der Waals surface area contributed by atoms with Crippen molar-refractivity contribution in [2.24, 2.45) is 5.73 Å². The van der Waals surface area contributed by atoms with Crippen LogP contribution in [0.15, 0.2) is 36.4 Å². The standard InChI is InChI=1S/C17H18FNO/c1-11-8-13-10-15(6-7-19)20-17(13)16(9-11)12-2-4-14(18)5-3-12/h2-5,8-9,15H,6-7,10,19H2,1H3. The lowest BCUT2D eigenvalue weighted by molar-refractivity contribution is 0.225. The van der Waals surface area contributed by atoms with Gasteiger partial charge in [0.05, 0.1) is 0 Å². The predicted octanol–water partition coefficient (Wildman–Crippen LogP) is 3.45. The first-order valence-electron chi connectivity index (χ1n) is 6.93. The number of halogens is 1. The van der Waals surface area contributed by atoms with E-state index in [0.717, 1.165) is 29.7 Å². The van der Waals surface area contributed by atoms with Gasteiger partial charge in [-0.25, -0.2) is 4.39 Å². The molecular formula is C17H18FNO. The summed E-state index contributed by atoms with van der Waals surface area (Å²) in [5, 5.41) is 0. The number of ether oxygens (including phenoxy) is 1. The molecule has 0 bridgehead atoms. The topological polar surface area (TPSA) is 35.2 Å². The molecule has 1 atom stereocenters. The number of hydrogen-bond acceptors (Lipinski definition) is 2. The Bertz CT molecular complexity index is 622. The number of nitrogens with two attached hydrogens (primary N) is 1. The van der Waals surface area contributed by atoms with Crippen LogP contribution in [0.4, 0.5) is 4.39 Å². The molecule has 1 unspecified atom stereocenters. The van der Waals surface area contributed by atoms with Crippen LogP contribution in [-0.2, 0) is 6.42 Å². The van der Waals surface area contributed by atoms with Crippen molar-refractivity contribution in [2.75, 3.05) is 6.54 Å². The molecule has 1 heterocycles. The van der Waals surface area contributed by atoms with Crippen LogP contribution in [0.3, 0.4) is 0 Å². The van der Waals surface area contributed by atoms with Gasteiger partial charge in [0, 0.05) is 12.0 Å². The van der Waals surface area contributed by atoms with Crippen LogP contribution in [-0.4, -0.2) is 12.6 Å². The summed E-state index contributed by atoms with van der Waals surface area (Å²) in [7, 11) is 0. The van der Waals surface area contributed by atoms with Crippen molar-refractivity contribution in [1.29, 1.82) is 0 Å². The second-order valence-corrected chi connectivity index (χ2v) is 5.33. The van der Waals surface area contributed by atoms with Gasteiger partial charge in [0.1, 0.15) is 17.7 Å². The highest BCUT2D eigenvalue weighted by Crippen LogP contribution is 2.40. The minimum Gasteiger partial charge on any atom is -0.489 e. The smallest absolute Gasteiger partial charge is 0.130 e. The fourth-order valence-corrected chi connectivity index (χ4v) is 2.78. The monoisotopic (exact) mass is 271 g/mol. The summed E-state index contributed by atoms with van der Waals surface area (Å²) in [5.41, 5.74) is 10.1. The average Bonchev–Trinajstić information content (AvgIpc) is 2.81. The predicted molar refractivity (Wildman–Crippen MR) is 78.4 cm³/mol. The van der Waals surface area contributed by atoms with Crippen LogP contribution in [0.5, 0.6) is 5.75 Å².